The molecule has 104 valence electrons. The summed E-state index contributed by atoms with van der Waals surface area (Å²) in [6.45, 7) is 2.16. The fourth-order valence-electron chi connectivity index (χ4n) is 1.44. The molecule has 0 aromatic heterocycles. The maximum absolute atomic E-state index is 11.6. The lowest BCUT2D eigenvalue weighted by Gasteiger charge is -2.14. The normalized spacial score (nSPS) is 11.5. The van der Waals surface area contributed by atoms with Crippen molar-refractivity contribution >= 4 is 11.9 Å². The fourth-order valence-corrected chi connectivity index (χ4v) is 1.44. The van der Waals surface area contributed by atoms with Crippen LogP contribution in [0.2, 0.25) is 0 Å². The quantitative estimate of drug-likeness (QED) is 0.719. The highest BCUT2D eigenvalue weighted by Crippen LogP contribution is 2.14. The highest BCUT2D eigenvalue weighted by atomic mass is 16.5. The van der Waals surface area contributed by atoms with E-state index in [0.717, 1.165) is 12.0 Å². The van der Waals surface area contributed by atoms with E-state index in [1.807, 2.05) is 12.1 Å². The molecule has 1 aromatic carbocycles. The molecule has 0 radical (unpaired) electrons. The fraction of sp³-hybridized carbons (Fsp3) is 0.385. The lowest BCUT2D eigenvalue weighted by atomic mass is 10.1. The van der Waals surface area contributed by atoms with Crippen molar-refractivity contribution in [1.29, 1.82) is 0 Å². The van der Waals surface area contributed by atoms with Gasteiger partial charge in [0.25, 0.3) is 5.91 Å². The van der Waals surface area contributed by atoms with Gasteiger partial charge in [0, 0.05) is 7.05 Å². The summed E-state index contributed by atoms with van der Waals surface area (Å²) in [5, 5.41) is 4.45. The summed E-state index contributed by atoms with van der Waals surface area (Å²) in [4.78, 5) is 22.6. The van der Waals surface area contributed by atoms with Crippen LogP contribution in [-0.4, -0.2) is 31.6 Å². The molecule has 1 unspecified atom stereocenters. The van der Waals surface area contributed by atoms with E-state index in [2.05, 4.69) is 10.6 Å². The first-order chi connectivity index (χ1) is 9.06. The molecule has 0 bridgehead atoms. The molecule has 1 atom stereocenters. The van der Waals surface area contributed by atoms with Crippen LogP contribution in [0.5, 0.6) is 5.75 Å². The van der Waals surface area contributed by atoms with Crippen molar-refractivity contribution in [2.24, 2.45) is 5.73 Å². The van der Waals surface area contributed by atoms with Gasteiger partial charge in [-0.15, -0.1) is 0 Å². The topological polar surface area (TPSA) is 93.5 Å². The van der Waals surface area contributed by atoms with E-state index >= 15 is 0 Å². The molecule has 0 saturated carbocycles. The van der Waals surface area contributed by atoms with Gasteiger partial charge in [0.1, 0.15) is 5.75 Å². The summed E-state index contributed by atoms with van der Waals surface area (Å²) < 4.78 is 5.43. The first-order valence-corrected chi connectivity index (χ1v) is 6.05. The third kappa shape index (κ3) is 4.97. The molecular weight excluding hydrogens is 246 g/mol. The van der Waals surface area contributed by atoms with Gasteiger partial charge in [0.2, 0.25) is 0 Å². The van der Waals surface area contributed by atoms with Crippen LogP contribution in [0.25, 0.3) is 0 Å². The van der Waals surface area contributed by atoms with Gasteiger partial charge in [0.15, 0.2) is 6.10 Å². The zero-order chi connectivity index (χ0) is 14.3. The highest BCUT2D eigenvalue weighted by Gasteiger charge is 2.16. The summed E-state index contributed by atoms with van der Waals surface area (Å²) >= 11 is 0. The number of rotatable bonds is 5. The van der Waals surface area contributed by atoms with Crippen molar-refractivity contribution in [2.75, 3.05) is 13.6 Å². The number of carbonyl (C=O) groups is 2. The number of amides is 3. The van der Waals surface area contributed by atoms with Crippen LogP contribution in [0.15, 0.2) is 24.3 Å². The summed E-state index contributed by atoms with van der Waals surface area (Å²) in [5.41, 5.74) is 6.57. The van der Waals surface area contributed by atoms with Crippen molar-refractivity contribution in [3.63, 3.8) is 0 Å². The molecule has 3 amide bonds. The third-order valence-electron chi connectivity index (χ3n) is 2.50. The third-order valence-corrected chi connectivity index (χ3v) is 2.50. The Kier molecular flexibility index (Phi) is 5.81. The van der Waals surface area contributed by atoms with E-state index in [1.165, 1.54) is 7.05 Å². The van der Waals surface area contributed by atoms with E-state index < -0.39 is 18.0 Å². The molecular formula is C13H19N3O3. The van der Waals surface area contributed by atoms with Gasteiger partial charge in [-0.25, -0.2) is 4.79 Å². The van der Waals surface area contributed by atoms with E-state index in [4.69, 9.17) is 10.5 Å². The van der Waals surface area contributed by atoms with Crippen LogP contribution in [0.4, 0.5) is 4.79 Å². The average Bonchev–Trinajstić information content (AvgIpc) is 2.41. The van der Waals surface area contributed by atoms with Gasteiger partial charge in [-0.1, -0.05) is 12.1 Å². The lowest BCUT2D eigenvalue weighted by molar-refractivity contribution is -0.126. The van der Waals surface area contributed by atoms with Gasteiger partial charge in [-0.05, 0) is 37.6 Å². The SMILES string of the molecule is CNC(=O)NC(=O)C(C)Oc1ccc(CCN)cc1. The predicted octanol–water partition coefficient (Wildman–Crippen LogP) is 0.411. The van der Waals surface area contributed by atoms with Crippen LogP contribution in [0, 0.1) is 0 Å². The minimum atomic E-state index is -0.752. The second-order valence-electron chi connectivity index (χ2n) is 4.01. The maximum Gasteiger partial charge on any atom is 0.321 e. The first kappa shape index (κ1) is 15.0. The summed E-state index contributed by atoms with van der Waals surface area (Å²) in [7, 11) is 1.43. The predicted molar refractivity (Wildman–Crippen MR) is 71.9 cm³/mol. The van der Waals surface area contributed by atoms with Crippen molar-refractivity contribution in [2.45, 2.75) is 19.4 Å². The minimum absolute atomic E-state index is 0.495. The number of nitrogens with one attached hydrogen (secondary N) is 2. The number of carbonyl (C=O) groups excluding carboxylic acids is 2. The van der Waals surface area contributed by atoms with Crippen molar-refractivity contribution < 1.29 is 14.3 Å². The molecule has 6 nitrogen and oxygen atoms in total. The molecule has 6 heteroatoms. The van der Waals surface area contributed by atoms with E-state index in [0.29, 0.717) is 12.3 Å². The number of benzene rings is 1. The van der Waals surface area contributed by atoms with Gasteiger partial charge < -0.3 is 15.8 Å². The average molecular weight is 265 g/mol. The van der Waals surface area contributed by atoms with Gasteiger partial charge in [0.05, 0.1) is 0 Å². The summed E-state index contributed by atoms with van der Waals surface area (Å²) in [6, 6.07) is 6.78. The monoisotopic (exact) mass is 265 g/mol. The maximum atomic E-state index is 11.6. The second-order valence-corrected chi connectivity index (χ2v) is 4.01. The lowest BCUT2D eigenvalue weighted by Crippen LogP contribution is -2.43. The van der Waals surface area contributed by atoms with Gasteiger partial charge >= 0.3 is 6.03 Å². The zero-order valence-corrected chi connectivity index (χ0v) is 11.1. The molecule has 0 aliphatic rings. The Bertz CT molecular complexity index is 431. The number of urea groups is 1. The number of ether oxygens (including phenoxy) is 1. The number of hydrogen-bond acceptors (Lipinski definition) is 4. The Morgan fingerprint density at radius 1 is 1.32 bits per heavy atom. The minimum Gasteiger partial charge on any atom is -0.481 e. The molecule has 1 rings (SSSR count). The van der Waals surface area contributed by atoms with Crippen LogP contribution >= 0.6 is 0 Å². The molecule has 0 heterocycles. The molecule has 0 spiro atoms. The molecule has 0 aliphatic carbocycles. The summed E-state index contributed by atoms with van der Waals surface area (Å²) in [6.07, 6.45) is 0.0464. The standard InChI is InChI=1S/C13H19N3O3/c1-9(12(17)16-13(18)15-2)19-11-5-3-10(4-6-11)7-8-14/h3-6,9H,7-8,14H2,1-2H3,(H2,15,16,17,18). The Balaban J connectivity index is 2.53. The van der Waals surface area contributed by atoms with Gasteiger partial charge in [-0.3, -0.25) is 10.1 Å². The van der Waals surface area contributed by atoms with E-state index in [-0.39, 0.29) is 0 Å². The molecule has 0 aliphatic heterocycles. The summed E-state index contributed by atoms with van der Waals surface area (Å²) in [5.74, 6) is 0.0747. The molecule has 0 fully saturated rings. The van der Waals surface area contributed by atoms with Crippen molar-refractivity contribution in [1.82, 2.24) is 10.6 Å². The molecule has 0 saturated heterocycles. The van der Waals surface area contributed by atoms with Crippen molar-refractivity contribution in [3.05, 3.63) is 29.8 Å². The number of hydrogen-bond donors (Lipinski definition) is 3. The number of nitrogens with two attached hydrogens (primary N) is 1. The Labute approximate surface area is 112 Å². The van der Waals surface area contributed by atoms with Crippen LogP contribution in [0.3, 0.4) is 0 Å². The second kappa shape index (κ2) is 7.38. The zero-order valence-electron chi connectivity index (χ0n) is 11.1. The van der Waals surface area contributed by atoms with Crippen LogP contribution < -0.4 is 21.1 Å². The van der Waals surface area contributed by atoms with Crippen molar-refractivity contribution in [3.8, 4) is 5.75 Å². The van der Waals surface area contributed by atoms with Gasteiger partial charge in [-0.2, -0.15) is 0 Å². The number of imide groups is 1. The van der Waals surface area contributed by atoms with E-state index in [9.17, 15) is 9.59 Å². The Hall–Kier alpha value is -2.08. The smallest absolute Gasteiger partial charge is 0.321 e. The van der Waals surface area contributed by atoms with Crippen LogP contribution in [-0.2, 0) is 11.2 Å². The molecule has 4 N–H and O–H groups in total. The van der Waals surface area contributed by atoms with E-state index in [1.54, 1.807) is 19.1 Å². The molecule has 19 heavy (non-hydrogen) atoms. The Morgan fingerprint density at radius 3 is 2.47 bits per heavy atom. The molecule has 1 aromatic rings. The first-order valence-electron chi connectivity index (χ1n) is 6.05. The largest absolute Gasteiger partial charge is 0.481 e. The Morgan fingerprint density at radius 2 is 1.95 bits per heavy atom. The van der Waals surface area contributed by atoms with Crippen LogP contribution in [0.1, 0.15) is 12.5 Å². The highest BCUT2D eigenvalue weighted by molar-refractivity contribution is 5.96.